The van der Waals surface area contributed by atoms with Crippen molar-refractivity contribution in [3.05, 3.63) is 54.1 Å². The third-order valence-electron chi connectivity index (χ3n) is 3.85. The highest BCUT2D eigenvalue weighted by molar-refractivity contribution is 5.80. The number of nitrogens with one attached hydrogen (secondary N) is 1. The van der Waals surface area contributed by atoms with Gasteiger partial charge in [-0.1, -0.05) is 17.3 Å². The lowest BCUT2D eigenvalue weighted by Crippen LogP contribution is -2.40. The number of benzene rings is 1. The van der Waals surface area contributed by atoms with Gasteiger partial charge < -0.3 is 23.9 Å². The van der Waals surface area contributed by atoms with E-state index >= 15 is 0 Å². The fourth-order valence-electron chi connectivity index (χ4n) is 2.58. The fourth-order valence-corrected chi connectivity index (χ4v) is 2.58. The van der Waals surface area contributed by atoms with Crippen LogP contribution in [0.2, 0.25) is 0 Å². The summed E-state index contributed by atoms with van der Waals surface area (Å²) < 4.78 is 15.7. The molecular formula is C18H21N3O4. The second-order valence-electron chi connectivity index (χ2n) is 5.63. The van der Waals surface area contributed by atoms with Gasteiger partial charge in [-0.2, -0.15) is 0 Å². The Bertz CT molecular complexity index is 798. The number of carbonyl (C=O) groups excluding carboxylic acids is 1. The van der Waals surface area contributed by atoms with Crippen LogP contribution in [0.1, 0.15) is 17.9 Å². The Morgan fingerprint density at radius 2 is 2.16 bits per heavy atom. The van der Waals surface area contributed by atoms with Crippen molar-refractivity contribution in [1.82, 2.24) is 15.4 Å². The molecule has 25 heavy (non-hydrogen) atoms. The van der Waals surface area contributed by atoms with Gasteiger partial charge in [0.25, 0.3) is 0 Å². The van der Waals surface area contributed by atoms with E-state index in [-0.39, 0.29) is 6.03 Å². The molecule has 0 aliphatic heterocycles. The largest absolute Gasteiger partial charge is 0.467 e. The SMILES string of the molecule is COCCCN(Cc1ccco1)C(=O)NCc1noc2ccccc12. The number of carbonyl (C=O) groups is 1. The molecule has 0 aliphatic carbocycles. The number of aromatic nitrogens is 1. The van der Waals surface area contributed by atoms with Crippen LogP contribution in [0.25, 0.3) is 11.0 Å². The third kappa shape index (κ3) is 4.39. The second-order valence-corrected chi connectivity index (χ2v) is 5.63. The maximum atomic E-state index is 12.6. The number of hydrogen-bond donors (Lipinski definition) is 1. The molecule has 132 valence electrons. The Hall–Kier alpha value is -2.80. The molecular weight excluding hydrogens is 322 g/mol. The van der Waals surface area contributed by atoms with Crippen molar-refractivity contribution in [1.29, 1.82) is 0 Å². The van der Waals surface area contributed by atoms with Gasteiger partial charge >= 0.3 is 6.03 Å². The van der Waals surface area contributed by atoms with E-state index in [0.29, 0.717) is 37.5 Å². The quantitative estimate of drug-likeness (QED) is 0.635. The van der Waals surface area contributed by atoms with Gasteiger partial charge in [-0.25, -0.2) is 4.79 Å². The van der Waals surface area contributed by atoms with Gasteiger partial charge in [0, 0.05) is 25.6 Å². The Morgan fingerprint density at radius 3 is 2.96 bits per heavy atom. The Labute approximate surface area is 145 Å². The molecule has 0 aliphatic rings. The lowest BCUT2D eigenvalue weighted by Gasteiger charge is -2.21. The molecule has 3 rings (SSSR count). The first kappa shape index (κ1) is 17.0. The number of furan rings is 1. The minimum absolute atomic E-state index is 0.181. The molecule has 0 saturated heterocycles. The number of fused-ring (bicyclic) bond motifs is 1. The molecule has 2 amide bonds. The van der Waals surface area contributed by atoms with Crippen LogP contribution in [0.3, 0.4) is 0 Å². The van der Waals surface area contributed by atoms with Crippen molar-refractivity contribution in [3.8, 4) is 0 Å². The van der Waals surface area contributed by atoms with Crippen molar-refractivity contribution >= 4 is 17.0 Å². The van der Waals surface area contributed by atoms with E-state index in [2.05, 4.69) is 10.5 Å². The predicted octanol–water partition coefficient (Wildman–Crippen LogP) is 3.17. The Balaban J connectivity index is 1.62. The molecule has 0 bridgehead atoms. The molecule has 2 aromatic heterocycles. The maximum absolute atomic E-state index is 12.6. The monoisotopic (exact) mass is 343 g/mol. The Kier molecular flexibility index (Phi) is 5.69. The average Bonchev–Trinajstić information content (AvgIpc) is 3.28. The number of amides is 2. The van der Waals surface area contributed by atoms with Gasteiger partial charge in [0.1, 0.15) is 11.5 Å². The van der Waals surface area contributed by atoms with Crippen molar-refractivity contribution in [2.45, 2.75) is 19.5 Å². The summed E-state index contributed by atoms with van der Waals surface area (Å²) in [5.74, 6) is 0.736. The molecule has 3 aromatic rings. The Morgan fingerprint density at radius 1 is 1.28 bits per heavy atom. The van der Waals surface area contributed by atoms with Crippen LogP contribution in [-0.4, -0.2) is 36.3 Å². The zero-order valence-corrected chi connectivity index (χ0v) is 14.1. The van der Waals surface area contributed by atoms with Crippen LogP contribution in [-0.2, 0) is 17.8 Å². The van der Waals surface area contributed by atoms with Gasteiger partial charge in [-0.05, 0) is 30.7 Å². The highest BCUT2D eigenvalue weighted by Crippen LogP contribution is 2.17. The number of hydrogen-bond acceptors (Lipinski definition) is 5. The normalized spacial score (nSPS) is 10.9. The first-order chi connectivity index (χ1) is 12.3. The smallest absolute Gasteiger partial charge is 0.318 e. The first-order valence-corrected chi connectivity index (χ1v) is 8.15. The molecule has 2 heterocycles. The van der Waals surface area contributed by atoms with Crippen molar-refractivity contribution in [2.75, 3.05) is 20.3 Å². The van der Waals surface area contributed by atoms with Crippen molar-refractivity contribution in [2.24, 2.45) is 0 Å². The molecule has 1 aromatic carbocycles. The van der Waals surface area contributed by atoms with Crippen molar-refractivity contribution in [3.63, 3.8) is 0 Å². The van der Waals surface area contributed by atoms with E-state index in [4.69, 9.17) is 13.7 Å². The number of nitrogens with zero attached hydrogens (tertiary/aromatic N) is 2. The third-order valence-corrected chi connectivity index (χ3v) is 3.85. The molecule has 7 heteroatoms. The van der Waals surface area contributed by atoms with E-state index < -0.39 is 0 Å². The number of rotatable bonds is 8. The molecule has 7 nitrogen and oxygen atoms in total. The number of urea groups is 1. The average molecular weight is 343 g/mol. The maximum Gasteiger partial charge on any atom is 0.318 e. The number of para-hydroxylation sites is 1. The highest BCUT2D eigenvalue weighted by Gasteiger charge is 2.16. The van der Waals surface area contributed by atoms with Gasteiger partial charge in [0.2, 0.25) is 0 Å². The molecule has 0 radical (unpaired) electrons. The van der Waals surface area contributed by atoms with Gasteiger partial charge in [-0.3, -0.25) is 0 Å². The lowest BCUT2D eigenvalue weighted by molar-refractivity contribution is 0.162. The minimum Gasteiger partial charge on any atom is -0.467 e. The van der Waals surface area contributed by atoms with E-state index in [1.54, 1.807) is 18.3 Å². The first-order valence-electron chi connectivity index (χ1n) is 8.15. The van der Waals surface area contributed by atoms with Gasteiger partial charge in [0.05, 0.1) is 19.4 Å². The van der Waals surface area contributed by atoms with Crippen LogP contribution in [0.5, 0.6) is 0 Å². The van der Waals surface area contributed by atoms with Crippen molar-refractivity contribution < 1.29 is 18.5 Å². The fraction of sp³-hybridized carbons (Fsp3) is 0.333. The summed E-state index contributed by atoms with van der Waals surface area (Å²) in [5, 5.41) is 7.83. The molecule has 0 spiro atoms. The van der Waals surface area contributed by atoms with Crippen LogP contribution >= 0.6 is 0 Å². The predicted molar refractivity (Wildman–Crippen MR) is 91.9 cm³/mol. The topological polar surface area (TPSA) is 80.7 Å². The second kappa shape index (κ2) is 8.34. The van der Waals surface area contributed by atoms with E-state index in [9.17, 15) is 4.79 Å². The summed E-state index contributed by atoms with van der Waals surface area (Å²) in [7, 11) is 1.65. The summed E-state index contributed by atoms with van der Waals surface area (Å²) in [6.07, 6.45) is 2.35. The molecule has 0 saturated carbocycles. The summed E-state index contributed by atoms with van der Waals surface area (Å²) >= 11 is 0. The molecule has 0 unspecified atom stereocenters. The molecule has 0 atom stereocenters. The minimum atomic E-state index is -0.181. The number of methoxy groups -OCH3 is 1. The van der Waals surface area contributed by atoms with Crippen LogP contribution in [0, 0.1) is 0 Å². The standard InChI is InChI=1S/C18H21N3O4/c1-23-10-5-9-21(13-14-6-4-11-24-14)18(22)19-12-16-15-7-2-3-8-17(15)25-20-16/h2-4,6-8,11H,5,9-10,12-13H2,1H3,(H,19,22). The summed E-state index contributed by atoms with van der Waals surface area (Å²) in [5.41, 5.74) is 1.41. The van der Waals surface area contributed by atoms with E-state index in [0.717, 1.165) is 17.6 Å². The molecule has 1 N–H and O–H groups in total. The zero-order valence-electron chi connectivity index (χ0n) is 14.1. The molecule has 0 fully saturated rings. The zero-order chi connectivity index (χ0) is 17.5. The summed E-state index contributed by atoms with van der Waals surface area (Å²) in [6, 6.07) is 11.0. The van der Waals surface area contributed by atoms with Gasteiger partial charge in [-0.15, -0.1) is 0 Å². The van der Waals surface area contributed by atoms with Gasteiger partial charge in [0.15, 0.2) is 5.58 Å². The van der Waals surface area contributed by atoms with Crippen LogP contribution < -0.4 is 5.32 Å². The highest BCUT2D eigenvalue weighted by atomic mass is 16.5. The summed E-state index contributed by atoms with van der Waals surface area (Å²) in [6.45, 7) is 1.87. The van der Waals surface area contributed by atoms with Crippen LogP contribution in [0.4, 0.5) is 4.79 Å². The van der Waals surface area contributed by atoms with Crippen LogP contribution in [0.15, 0.2) is 51.6 Å². The number of ether oxygens (including phenoxy) is 1. The van der Waals surface area contributed by atoms with E-state index in [1.807, 2.05) is 36.4 Å². The lowest BCUT2D eigenvalue weighted by atomic mass is 10.2. The van der Waals surface area contributed by atoms with E-state index in [1.165, 1.54) is 0 Å². The summed E-state index contributed by atoms with van der Waals surface area (Å²) in [4.78, 5) is 14.3.